The highest BCUT2D eigenvalue weighted by Gasteiger charge is 2.21. The molecule has 3 rings (SSSR count). The predicted octanol–water partition coefficient (Wildman–Crippen LogP) is 2.62. The number of para-hydroxylation sites is 1. The van der Waals surface area contributed by atoms with Gasteiger partial charge in [0.1, 0.15) is 16.2 Å². The molecule has 130 valence electrons. The number of furan rings is 1. The van der Waals surface area contributed by atoms with Crippen LogP contribution in [0.2, 0.25) is 0 Å². The molecule has 25 heavy (non-hydrogen) atoms. The molecule has 3 aromatic rings. The maximum Gasteiger partial charge on any atom is 0.270 e. The second kappa shape index (κ2) is 6.19. The molecule has 0 saturated heterocycles. The Morgan fingerprint density at radius 1 is 1.20 bits per heavy atom. The molecule has 1 aromatic heterocycles. The smallest absolute Gasteiger partial charge is 0.270 e. The number of rotatable bonds is 5. The van der Waals surface area contributed by atoms with Gasteiger partial charge in [-0.05, 0) is 18.2 Å². The van der Waals surface area contributed by atoms with E-state index in [0.29, 0.717) is 5.76 Å². The summed E-state index contributed by atoms with van der Waals surface area (Å²) < 4.78 is 29.4. The Balaban J connectivity index is 1.98. The number of benzene rings is 2. The highest BCUT2D eigenvalue weighted by atomic mass is 32.2. The van der Waals surface area contributed by atoms with Crippen LogP contribution in [0.5, 0.6) is 0 Å². The summed E-state index contributed by atoms with van der Waals surface area (Å²) in [7, 11) is -2.47. The number of anilines is 1. The van der Waals surface area contributed by atoms with Crippen LogP contribution in [-0.4, -0.2) is 20.4 Å². The van der Waals surface area contributed by atoms with Gasteiger partial charge in [-0.2, -0.15) is 0 Å². The van der Waals surface area contributed by atoms with Gasteiger partial charge in [-0.25, -0.2) is 13.6 Å². The van der Waals surface area contributed by atoms with Crippen LogP contribution in [0.15, 0.2) is 57.8 Å². The zero-order chi connectivity index (χ0) is 18.2. The van der Waals surface area contributed by atoms with Crippen molar-refractivity contribution in [1.82, 2.24) is 0 Å². The van der Waals surface area contributed by atoms with E-state index in [1.807, 2.05) is 30.3 Å². The average molecular weight is 361 g/mol. The zero-order valence-electron chi connectivity index (χ0n) is 13.2. The molecule has 0 atom stereocenters. The summed E-state index contributed by atoms with van der Waals surface area (Å²) in [4.78, 5) is 11.5. The number of primary sulfonamides is 1. The van der Waals surface area contributed by atoms with E-state index in [1.54, 1.807) is 11.9 Å². The van der Waals surface area contributed by atoms with Crippen molar-refractivity contribution in [3.8, 4) is 0 Å². The predicted molar refractivity (Wildman–Crippen MR) is 92.8 cm³/mol. The van der Waals surface area contributed by atoms with Crippen molar-refractivity contribution < 1.29 is 17.8 Å². The summed E-state index contributed by atoms with van der Waals surface area (Å²) >= 11 is 0. The Morgan fingerprint density at radius 2 is 1.92 bits per heavy atom. The molecule has 0 radical (unpaired) electrons. The molecule has 0 aliphatic carbocycles. The van der Waals surface area contributed by atoms with Gasteiger partial charge in [0, 0.05) is 24.6 Å². The first kappa shape index (κ1) is 16.9. The van der Waals surface area contributed by atoms with Gasteiger partial charge in [0.05, 0.1) is 17.2 Å². The lowest BCUT2D eigenvalue weighted by Gasteiger charge is -2.20. The van der Waals surface area contributed by atoms with E-state index in [9.17, 15) is 18.5 Å². The van der Waals surface area contributed by atoms with Crippen molar-refractivity contribution in [3.63, 3.8) is 0 Å². The van der Waals surface area contributed by atoms with E-state index in [1.165, 1.54) is 12.1 Å². The van der Waals surface area contributed by atoms with Crippen molar-refractivity contribution in [2.45, 2.75) is 11.4 Å². The van der Waals surface area contributed by atoms with Crippen LogP contribution in [-0.2, 0) is 16.6 Å². The first-order chi connectivity index (χ1) is 11.8. The Morgan fingerprint density at radius 3 is 2.56 bits per heavy atom. The zero-order valence-corrected chi connectivity index (χ0v) is 14.1. The van der Waals surface area contributed by atoms with Crippen molar-refractivity contribution in [2.75, 3.05) is 11.9 Å². The topological polar surface area (TPSA) is 120 Å². The summed E-state index contributed by atoms with van der Waals surface area (Å²) in [5, 5.41) is 17.0. The van der Waals surface area contributed by atoms with E-state index in [4.69, 9.17) is 9.56 Å². The second-order valence-electron chi connectivity index (χ2n) is 5.56. The lowest BCUT2D eigenvalue weighted by atomic mass is 10.2. The Labute approximate surface area is 143 Å². The summed E-state index contributed by atoms with van der Waals surface area (Å²) in [6.45, 7) is 0.273. The van der Waals surface area contributed by atoms with Gasteiger partial charge >= 0.3 is 0 Å². The van der Waals surface area contributed by atoms with Crippen LogP contribution in [0.3, 0.4) is 0 Å². The van der Waals surface area contributed by atoms with Gasteiger partial charge in [0.15, 0.2) is 0 Å². The van der Waals surface area contributed by atoms with E-state index in [-0.39, 0.29) is 22.8 Å². The monoisotopic (exact) mass is 361 g/mol. The lowest BCUT2D eigenvalue weighted by molar-refractivity contribution is -0.385. The van der Waals surface area contributed by atoms with E-state index in [2.05, 4.69) is 0 Å². The summed E-state index contributed by atoms with van der Waals surface area (Å²) in [5.74, 6) is 0.627. The largest absolute Gasteiger partial charge is 0.459 e. The number of fused-ring (bicyclic) bond motifs is 1. The van der Waals surface area contributed by atoms with Gasteiger partial charge in [-0.3, -0.25) is 10.1 Å². The fourth-order valence-electron chi connectivity index (χ4n) is 2.59. The normalized spacial score (nSPS) is 11.6. The van der Waals surface area contributed by atoms with E-state index < -0.39 is 14.9 Å². The molecule has 2 aromatic carbocycles. The first-order valence-corrected chi connectivity index (χ1v) is 8.80. The third-order valence-corrected chi connectivity index (χ3v) is 4.68. The Hall–Kier alpha value is -2.91. The number of nitrogens with zero attached hydrogens (tertiary/aromatic N) is 2. The minimum absolute atomic E-state index is 0.258. The molecule has 0 saturated carbocycles. The molecule has 1 heterocycles. The second-order valence-corrected chi connectivity index (χ2v) is 7.09. The van der Waals surface area contributed by atoms with Crippen molar-refractivity contribution >= 4 is 32.4 Å². The third-order valence-electron chi connectivity index (χ3n) is 3.74. The molecule has 0 fully saturated rings. The molecule has 2 N–H and O–H groups in total. The number of hydrogen-bond acceptors (Lipinski definition) is 6. The fraction of sp³-hybridized carbons (Fsp3) is 0.125. The number of nitro groups is 1. The number of sulfonamides is 1. The van der Waals surface area contributed by atoms with Crippen molar-refractivity contribution in [1.29, 1.82) is 0 Å². The number of nitro benzene ring substituents is 1. The van der Waals surface area contributed by atoms with Crippen LogP contribution < -0.4 is 10.0 Å². The van der Waals surface area contributed by atoms with Crippen molar-refractivity contribution in [3.05, 3.63) is 64.4 Å². The summed E-state index contributed by atoms with van der Waals surface area (Å²) in [5.41, 5.74) is 0.639. The fourth-order valence-corrected chi connectivity index (χ4v) is 3.39. The minimum atomic E-state index is -4.13. The third kappa shape index (κ3) is 3.47. The molecular weight excluding hydrogens is 346 g/mol. The maximum atomic E-state index is 11.8. The van der Waals surface area contributed by atoms with Gasteiger partial charge in [-0.15, -0.1) is 0 Å². The molecule has 0 spiro atoms. The number of nitrogens with two attached hydrogens (primary N) is 1. The molecule has 9 heteroatoms. The van der Waals surface area contributed by atoms with Gasteiger partial charge < -0.3 is 9.32 Å². The van der Waals surface area contributed by atoms with E-state index in [0.717, 1.165) is 17.0 Å². The Kier molecular flexibility index (Phi) is 4.19. The van der Waals surface area contributed by atoms with Crippen molar-refractivity contribution in [2.24, 2.45) is 5.14 Å². The quantitative estimate of drug-likeness (QED) is 0.551. The van der Waals surface area contributed by atoms with Crippen LogP contribution in [0.25, 0.3) is 11.0 Å². The highest BCUT2D eigenvalue weighted by molar-refractivity contribution is 7.89. The van der Waals surface area contributed by atoms with Crippen LogP contribution in [0.1, 0.15) is 5.76 Å². The molecule has 0 bridgehead atoms. The van der Waals surface area contributed by atoms with E-state index >= 15 is 0 Å². The number of hydrogen-bond donors (Lipinski definition) is 1. The van der Waals surface area contributed by atoms with Crippen LogP contribution >= 0.6 is 0 Å². The molecular formula is C16H15N3O5S. The molecule has 0 aliphatic rings. The molecule has 0 unspecified atom stereocenters. The molecule has 8 nitrogen and oxygen atoms in total. The van der Waals surface area contributed by atoms with Gasteiger partial charge in [0.2, 0.25) is 10.0 Å². The van der Waals surface area contributed by atoms with Gasteiger partial charge in [0.25, 0.3) is 5.69 Å². The highest BCUT2D eigenvalue weighted by Crippen LogP contribution is 2.29. The maximum absolute atomic E-state index is 11.8. The SMILES string of the molecule is CN(Cc1cc2ccccc2o1)c1ccc([N+](=O)[O-])cc1S(N)(=O)=O. The summed E-state index contributed by atoms with van der Waals surface area (Å²) in [6, 6.07) is 12.9. The molecule has 0 amide bonds. The Bertz CT molecular complexity index is 1030. The summed E-state index contributed by atoms with van der Waals surface area (Å²) in [6.07, 6.45) is 0. The standard InChI is InChI=1S/C16H15N3O5S/c1-18(10-13-8-11-4-2-3-5-15(11)24-13)14-7-6-12(19(20)21)9-16(14)25(17,22)23/h2-9H,10H2,1H3,(H2,17,22,23). The molecule has 0 aliphatic heterocycles. The first-order valence-electron chi connectivity index (χ1n) is 7.25. The number of non-ortho nitro benzene ring substituents is 1. The van der Waals surface area contributed by atoms with Crippen LogP contribution in [0.4, 0.5) is 11.4 Å². The lowest BCUT2D eigenvalue weighted by Crippen LogP contribution is -2.22. The minimum Gasteiger partial charge on any atom is -0.459 e. The van der Waals surface area contributed by atoms with Crippen LogP contribution in [0, 0.1) is 10.1 Å². The average Bonchev–Trinajstić information content (AvgIpc) is 2.95. The van der Waals surface area contributed by atoms with Gasteiger partial charge in [-0.1, -0.05) is 18.2 Å².